The minimum absolute atomic E-state index is 0.00428. The van der Waals surface area contributed by atoms with Crippen LogP contribution in [0.15, 0.2) is 12.3 Å². The summed E-state index contributed by atoms with van der Waals surface area (Å²) < 4.78 is 18.1. The summed E-state index contributed by atoms with van der Waals surface area (Å²) >= 11 is 0. The summed E-state index contributed by atoms with van der Waals surface area (Å²) in [7, 11) is 0. The largest absolute Gasteiger partial charge is 0.477 e. The second kappa shape index (κ2) is 10.3. The molecule has 1 heterocycles. The molecule has 2 atom stereocenters. The lowest BCUT2D eigenvalue weighted by Crippen LogP contribution is -2.63. The van der Waals surface area contributed by atoms with Gasteiger partial charge in [-0.1, -0.05) is 33.8 Å². The lowest BCUT2D eigenvalue weighted by molar-refractivity contribution is -0.137. The van der Waals surface area contributed by atoms with Gasteiger partial charge in [0.25, 0.3) is 5.91 Å². The van der Waals surface area contributed by atoms with Crippen LogP contribution in [0.3, 0.4) is 0 Å². The third kappa shape index (κ3) is 6.19. The van der Waals surface area contributed by atoms with Gasteiger partial charge in [-0.3, -0.25) is 4.79 Å². The van der Waals surface area contributed by atoms with Crippen LogP contribution in [0.4, 0.5) is 9.59 Å². The van der Waals surface area contributed by atoms with E-state index in [-0.39, 0.29) is 36.3 Å². The van der Waals surface area contributed by atoms with Crippen LogP contribution in [0.5, 0.6) is 5.88 Å². The molecule has 5 rings (SSSR count). The van der Waals surface area contributed by atoms with Crippen molar-refractivity contribution in [1.82, 2.24) is 15.1 Å². The van der Waals surface area contributed by atoms with Crippen molar-refractivity contribution in [3.63, 3.8) is 0 Å². The maximum Gasteiger partial charge on any atom is 0.405 e. The number of nitrogens with one attached hydrogen (secondary N) is 1. The Morgan fingerprint density at radius 1 is 1.19 bits per heavy atom. The second-order valence-corrected chi connectivity index (χ2v) is 12.0. The summed E-state index contributed by atoms with van der Waals surface area (Å²) in [4.78, 5) is 36.0. The minimum Gasteiger partial charge on any atom is -0.477 e. The predicted octanol–water partition coefficient (Wildman–Crippen LogP) is 3.28. The van der Waals surface area contributed by atoms with Crippen LogP contribution in [0.25, 0.3) is 6.20 Å². The van der Waals surface area contributed by atoms with Crippen LogP contribution >= 0.6 is 0 Å². The Kier molecular flexibility index (Phi) is 7.43. The van der Waals surface area contributed by atoms with E-state index in [1.54, 1.807) is 6.20 Å². The maximum absolute atomic E-state index is 13.5. The third-order valence-corrected chi connectivity index (χ3v) is 7.63. The third-order valence-electron chi connectivity index (χ3n) is 7.63. The van der Waals surface area contributed by atoms with E-state index >= 15 is 0 Å². The number of aromatic nitrogens is 2. The quantitative estimate of drug-likeness (QED) is 0.429. The molecule has 4 aliphatic carbocycles. The number of hydrogen-bond donors (Lipinski definition) is 3. The van der Waals surface area contributed by atoms with Gasteiger partial charge in [0.15, 0.2) is 0 Å². The molecule has 4 aliphatic rings. The van der Waals surface area contributed by atoms with E-state index in [9.17, 15) is 14.4 Å². The highest BCUT2D eigenvalue weighted by atomic mass is 16.6. The van der Waals surface area contributed by atoms with Crippen LogP contribution in [0.1, 0.15) is 70.2 Å². The molecule has 4 bridgehead atoms. The van der Waals surface area contributed by atoms with E-state index in [0.717, 1.165) is 32.1 Å². The van der Waals surface area contributed by atoms with Crippen LogP contribution < -0.4 is 21.5 Å². The lowest BCUT2D eigenvalue weighted by atomic mass is 9.52. The van der Waals surface area contributed by atoms with Crippen molar-refractivity contribution in [2.45, 2.75) is 71.4 Å². The molecule has 0 aromatic carbocycles. The number of nitrogens with two attached hydrogens (primary N) is 2. The Balaban J connectivity index is 1.50. The number of amides is 3. The Labute approximate surface area is 217 Å². The van der Waals surface area contributed by atoms with E-state index in [2.05, 4.69) is 10.4 Å². The van der Waals surface area contributed by atoms with E-state index in [0.29, 0.717) is 24.0 Å². The summed E-state index contributed by atoms with van der Waals surface area (Å²) in [6.07, 6.45) is 7.78. The zero-order valence-electron chi connectivity index (χ0n) is 22.1. The number of rotatable bonds is 10. The van der Waals surface area contributed by atoms with Gasteiger partial charge in [-0.15, -0.1) is 0 Å². The maximum atomic E-state index is 13.5. The average molecular weight is 518 g/mol. The first-order chi connectivity index (χ1) is 17.4. The van der Waals surface area contributed by atoms with Crippen LogP contribution in [-0.2, 0) is 9.47 Å². The number of carbonyl (C=O) groups excluding carboxylic acids is 3. The van der Waals surface area contributed by atoms with Crippen molar-refractivity contribution in [3.8, 4) is 5.88 Å². The lowest BCUT2D eigenvalue weighted by Gasteiger charge is -2.58. The van der Waals surface area contributed by atoms with Crippen LogP contribution in [0, 0.1) is 29.1 Å². The van der Waals surface area contributed by atoms with Crippen molar-refractivity contribution in [3.05, 3.63) is 17.8 Å². The van der Waals surface area contributed by atoms with Crippen molar-refractivity contribution < 1.29 is 28.6 Å². The minimum atomic E-state index is -0.836. The summed E-state index contributed by atoms with van der Waals surface area (Å²) in [6.45, 7) is 8.34. The molecule has 11 nitrogen and oxygen atoms in total. The topological polar surface area (TPSA) is 161 Å². The van der Waals surface area contributed by atoms with Crippen LogP contribution in [-0.4, -0.2) is 52.7 Å². The molecule has 1 aromatic heterocycles. The van der Waals surface area contributed by atoms with Gasteiger partial charge in [0.2, 0.25) is 5.88 Å². The molecule has 4 fully saturated rings. The molecule has 11 heteroatoms. The molecular formula is C26H39N5O6. The van der Waals surface area contributed by atoms with Crippen molar-refractivity contribution in [1.29, 1.82) is 0 Å². The molecule has 2 unspecified atom stereocenters. The number of hydrogen-bond acceptors (Lipinski definition) is 7. The first-order valence-corrected chi connectivity index (χ1v) is 13.0. The SMILES string of the molecule is CC(C)COc1c(C(=O)N[C@H]2C3CC4CC2C[C@](OC(N)=O)(C4)C3)cnn1/C=C/C(C)(C)COC(N)=O. The Morgan fingerprint density at radius 3 is 2.46 bits per heavy atom. The predicted molar refractivity (Wildman–Crippen MR) is 135 cm³/mol. The van der Waals surface area contributed by atoms with Crippen molar-refractivity contribution in [2.75, 3.05) is 13.2 Å². The van der Waals surface area contributed by atoms with Crippen LogP contribution in [0.2, 0.25) is 0 Å². The smallest absolute Gasteiger partial charge is 0.405 e. The zero-order valence-corrected chi connectivity index (χ0v) is 22.1. The highest BCUT2D eigenvalue weighted by Crippen LogP contribution is 2.57. The van der Waals surface area contributed by atoms with E-state index < -0.39 is 23.2 Å². The fourth-order valence-corrected chi connectivity index (χ4v) is 6.33. The fraction of sp³-hybridized carbons (Fsp3) is 0.692. The average Bonchev–Trinajstić information content (AvgIpc) is 3.19. The molecular weight excluding hydrogens is 478 g/mol. The van der Waals surface area contributed by atoms with Gasteiger partial charge < -0.3 is 31.0 Å². The van der Waals surface area contributed by atoms with E-state index in [1.807, 2.05) is 33.8 Å². The first kappa shape index (κ1) is 26.8. The second-order valence-electron chi connectivity index (χ2n) is 12.0. The van der Waals surface area contributed by atoms with Gasteiger partial charge in [0.1, 0.15) is 17.8 Å². The highest BCUT2D eigenvalue weighted by molar-refractivity contribution is 5.96. The number of primary amides is 2. The Bertz CT molecular complexity index is 1050. The first-order valence-electron chi connectivity index (χ1n) is 13.0. The Hall–Kier alpha value is -3.24. The zero-order chi connectivity index (χ0) is 27.0. The Morgan fingerprint density at radius 2 is 1.86 bits per heavy atom. The van der Waals surface area contributed by atoms with Gasteiger partial charge in [-0.05, 0) is 55.8 Å². The molecule has 37 heavy (non-hydrogen) atoms. The molecule has 204 valence electrons. The van der Waals surface area contributed by atoms with Gasteiger partial charge in [-0.2, -0.15) is 5.10 Å². The summed E-state index contributed by atoms with van der Waals surface area (Å²) in [5.41, 5.74) is 9.81. The molecule has 0 spiro atoms. The van der Waals surface area contributed by atoms with Gasteiger partial charge in [-0.25, -0.2) is 14.3 Å². The summed E-state index contributed by atoms with van der Waals surface area (Å²) in [6, 6.07) is -0.00428. The van der Waals surface area contributed by atoms with Gasteiger partial charge >= 0.3 is 12.2 Å². The number of nitrogens with zero attached hydrogens (tertiary/aromatic N) is 2. The number of ether oxygens (including phenoxy) is 3. The standard InChI is InChI=1S/C26H39N5O6/c1-15(2)13-35-22-19(12-29-31(22)6-5-25(3,4)14-36-23(27)33)21(32)30-20-17-7-16-8-18(20)11-26(9-16,10-17)37-24(28)34/h5-6,12,15-18,20H,7-11,13-14H2,1-4H3,(H2,27,33)(H2,28,34)(H,30,32)/b6-5+/t16?,17?,18?,20-,26-. The molecule has 0 saturated heterocycles. The van der Waals surface area contributed by atoms with Gasteiger partial charge in [0, 0.05) is 17.7 Å². The molecule has 1 aromatic rings. The van der Waals surface area contributed by atoms with Crippen molar-refractivity contribution in [2.24, 2.45) is 40.6 Å². The number of carbonyl (C=O) groups is 3. The molecule has 0 radical (unpaired) electrons. The van der Waals surface area contributed by atoms with E-state index in [1.165, 1.54) is 10.9 Å². The summed E-state index contributed by atoms with van der Waals surface area (Å²) in [5.74, 6) is 1.31. The molecule has 5 N–H and O–H groups in total. The highest BCUT2D eigenvalue weighted by Gasteiger charge is 2.57. The molecule has 3 amide bonds. The molecule has 0 aliphatic heterocycles. The van der Waals surface area contributed by atoms with E-state index in [4.69, 9.17) is 25.7 Å². The van der Waals surface area contributed by atoms with Crippen molar-refractivity contribution >= 4 is 24.3 Å². The normalized spacial score (nSPS) is 28.5. The van der Waals surface area contributed by atoms with Gasteiger partial charge in [0.05, 0.1) is 12.8 Å². The fourth-order valence-electron chi connectivity index (χ4n) is 6.33. The summed E-state index contributed by atoms with van der Waals surface area (Å²) in [5, 5.41) is 7.64. The monoisotopic (exact) mass is 517 g/mol. The molecule has 4 saturated carbocycles.